The van der Waals surface area contributed by atoms with Crippen LogP contribution >= 0.6 is 0 Å². The van der Waals surface area contributed by atoms with Gasteiger partial charge in [0.25, 0.3) is 10.0 Å². The van der Waals surface area contributed by atoms with Crippen LogP contribution in [0.4, 0.5) is 5.69 Å². The number of nitrogens with one attached hydrogen (secondary N) is 1. The first kappa shape index (κ1) is 19.8. The molecule has 3 aromatic carbocycles. The molecule has 0 unspecified atom stereocenters. The van der Waals surface area contributed by atoms with Crippen LogP contribution in [-0.4, -0.2) is 17.8 Å². The normalized spacial score (nSPS) is 11.4. The van der Waals surface area contributed by atoms with Crippen molar-refractivity contribution in [2.75, 3.05) is 4.72 Å². The summed E-state index contributed by atoms with van der Waals surface area (Å²) in [5.74, 6) is 1.11. The van der Waals surface area contributed by atoms with Gasteiger partial charge in [-0.25, -0.2) is 13.4 Å². The first-order valence-electron chi connectivity index (χ1n) is 9.97. The van der Waals surface area contributed by atoms with E-state index in [0.29, 0.717) is 17.2 Å². The second-order valence-corrected chi connectivity index (χ2v) is 8.85. The van der Waals surface area contributed by atoms with Crippen molar-refractivity contribution in [2.45, 2.75) is 4.90 Å². The van der Waals surface area contributed by atoms with E-state index in [9.17, 15) is 8.42 Å². The summed E-state index contributed by atoms with van der Waals surface area (Å²) in [5, 5.41) is 0. The summed E-state index contributed by atoms with van der Waals surface area (Å²) >= 11 is 0. The summed E-state index contributed by atoms with van der Waals surface area (Å²) in [5.41, 5.74) is 3.08. The molecular formula is C25H19N3O3S. The molecule has 0 aliphatic carbocycles. The maximum Gasteiger partial charge on any atom is 0.261 e. The number of benzene rings is 3. The number of pyridine rings is 1. The molecule has 1 N–H and O–H groups in total. The zero-order valence-electron chi connectivity index (χ0n) is 16.9. The van der Waals surface area contributed by atoms with Gasteiger partial charge in [-0.2, -0.15) is 0 Å². The van der Waals surface area contributed by atoms with Crippen LogP contribution in [-0.2, 0) is 10.0 Å². The van der Waals surface area contributed by atoms with Gasteiger partial charge in [0.05, 0.1) is 16.3 Å². The smallest absolute Gasteiger partial charge is 0.261 e. The first-order valence-corrected chi connectivity index (χ1v) is 11.5. The van der Waals surface area contributed by atoms with E-state index >= 15 is 0 Å². The number of rotatable bonds is 6. The number of nitrogens with zero attached hydrogens (tertiary/aromatic N) is 2. The van der Waals surface area contributed by atoms with Crippen LogP contribution < -0.4 is 9.46 Å². The molecule has 0 aliphatic heterocycles. The van der Waals surface area contributed by atoms with Crippen molar-refractivity contribution in [1.29, 1.82) is 0 Å². The monoisotopic (exact) mass is 441 g/mol. The molecule has 0 saturated carbocycles. The second-order valence-electron chi connectivity index (χ2n) is 7.17. The number of sulfonamides is 1. The average Bonchev–Trinajstić information content (AvgIpc) is 3.24. The molecule has 0 spiro atoms. The van der Waals surface area contributed by atoms with E-state index < -0.39 is 10.0 Å². The van der Waals surface area contributed by atoms with Crippen molar-refractivity contribution in [3.63, 3.8) is 0 Å². The molecule has 2 aromatic heterocycles. The summed E-state index contributed by atoms with van der Waals surface area (Å²) < 4.78 is 35.6. The SMILES string of the molecule is O=S(=O)(Nc1cccc(Oc2ccn3cc(-c4ccccc4)nc3c2)c1)c1ccccc1. The highest BCUT2D eigenvalue weighted by molar-refractivity contribution is 7.92. The van der Waals surface area contributed by atoms with Crippen molar-refractivity contribution in [3.8, 4) is 22.8 Å². The van der Waals surface area contributed by atoms with Crippen molar-refractivity contribution in [3.05, 3.63) is 109 Å². The molecule has 0 radical (unpaired) electrons. The molecule has 0 atom stereocenters. The van der Waals surface area contributed by atoms with Crippen LogP contribution in [0.5, 0.6) is 11.5 Å². The molecule has 7 heteroatoms. The standard InChI is InChI=1S/C25H19N3O3S/c29-32(30,23-12-5-2-6-13-23)27-20-10-7-11-21(16-20)31-22-14-15-28-18-24(26-25(28)17-22)19-8-3-1-4-9-19/h1-18,27H. The molecule has 158 valence electrons. The second kappa shape index (κ2) is 8.20. The first-order chi connectivity index (χ1) is 15.6. The Morgan fingerprint density at radius 2 is 1.50 bits per heavy atom. The predicted molar refractivity (Wildman–Crippen MR) is 124 cm³/mol. The topological polar surface area (TPSA) is 72.7 Å². The van der Waals surface area contributed by atoms with Gasteiger partial charge in [-0.3, -0.25) is 4.72 Å². The Morgan fingerprint density at radius 3 is 2.28 bits per heavy atom. The Balaban J connectivity index is 1.37. The van der Waals surface area contributed by atoms with E-state index in [4.69, 9.17) is 4.74 Å². The molecular weight excluding hydrogens is 422 g/mol. The van der Waals surface area contributed by atoms with Gasteiger partial charge < -0.3 is 9.14 Å². The summed E-state index contributed by atoms with van der Waals surface area (Å²) in [6.07, 6.45) is 3.85. The molecule has 0 fully saturated rings. The third kappa shape index (κ3) is 4.19. The van der Waals surface area contributed by atoms with Crippen LogP contribution in [0.2, 0.25) is 0 Å². The molecule has 0 amide bonds. The van der Waals surface area contributed by atoms with Gasteiger partial charge in [-0.05, 0) is 30.3 Å². The number of anilines is 1. The molecule has 32 heavy (non-hydrogen) atoms. The maximum atomic E-state index is 12.6. The van der Waals surface area contributed by atoms with Crippen molar-refractivity contribution in [2.24, 2.45) is 0 Å². The molecule has 5 aromatic rings. The fraction of sp³-hybridized carbons (Fsp3) is 0. The van der Waals surface area contributed by atoms with E-state index in [-0.39, 0.29) is 4.90 Å². The number of imidazole rings is 1. The van der Waals surface area contributed by atoms with Crippen LogP contribution in [0.1, 0.15) is 0 Å². The Morgan fingerprint density at radius 1 is 0.781 bits per heavy atom. The number of ether oxygens (including phenoxy) is 1. The summed E-state index contributed by atoms with van der Waals surface area (Å²) in [6.45, 7) is 0. The van der Waals surface area contributed by atoms with Gasteiger partial charge in [0.1, 0.15) is 17.1 Å². The zero-order chi connectivity index (χ0) is 22.0. The molecule has 0 aliphatic rings. The minimum atomic E-state index is -3.67. The zero-order valence-corrected chi connectivity index (χ0v) is 17.7. The molecule has 0 bridgehead atoms. The Hall–Kier alpha value is -4.10. The summed E-state index contributed by atoms with van der Waals surface area (Å²) in [6, 6.07) is 28.7. The van der Waals surface area contributed by atoms with E-state index in [2.05, 4.69) is 9.71 Å². The highest BCUT2D eigenvalue weighted by atomic mass is 32.2. The van der Waals surface area contributed by atoms with Crippen molar-refractivity contribution in [1.82, 2.24) is 9.38 Å². The van der Waals surface area contributed by atoms with Crippen LogP contribution in [0.15, 0.2) is 114 Å². The lowest BCUT2D eigenvalue weighted by atomic mass is 10.2. The molecule has 0 saturated heterocycles. The number of hydrogen-bond donors (Lipinski definition) is 1. The Labute approximate surface area is 185 Å². The maximum absolute atomic E-state index is 12.6. The summed E-state index contributed by atoms with van der Waals surface area (Å²) in [4.78, 5) is 4.88. The number of fused-ring (bicyclic) bond motifs is 1. The van der Waals surface area contributed by atoms with E-state index in [1.54, 1.807) is 54.6 Å². The van der Waals surface area contributed by atoms with Gasteiger partial charge >= 0.3 is 0 Å². The fourth-order valence-electron chi connectivity index (χ4n) is 3.35. The lowest BCUT2D eigenvalue weighted by molar-refractivity contribution is 0.482. The third-order valence-electron chi connectivity index (χ3n) is 4.88. The third-order valence-corrected chi connectivity index (χ3v) is 6.27. The van der Waals surface area contributed by atoms with Gasteiger partial charge in [0.2, 0.25) is 0 Å². The largest absolute Gasteiger partial charge is 0.457 e. The fourth-order valence-corrected chi connectivity index (χ4v) is 4.42. The van der Waals surface area contributed by atoms with Crippen LogP contribution in [0.25, 0.3) is 16.9 Å². The highest BCUT2D eigenvalue weighted by Crippen LogP contribution is 2.27. The molecule has 5 rings (SSSR count). The van der Waals surface area contributed by atoms with E-state index in [1.807, 2.05) is 59.3 Å². The van der Waals surface area contributed by atoms with E-state index in [0.717, 1.165) is 16.9 Å². The van der Waals surface area contributed by atoms with Crippen LogP contribution in [0, 0.1) is 0 Å². The Kier molecular flexibility index (Phi) is 5.09. The average molecular weight is 442 g/mol. The van der Waals surface area contributed by atoms with E-state index in [1.165, 1.54) is 0 Å². The number of aromatic nitrogens is 2. The lowest BCUT2D eigenvalue weighted by Gasteiger charge is -2.10. The van der Waals surface area contributed by atoms with Crippen molar-refractivity contribution < 1.29 is 13.2 Å². The minimum absolute atomic E-state index is 0.199. The van der Waals surface area contributed by atoms with Gasteiger partial charge in [-0.15, -0.1) is 0 Å². The van der Waals surface area contributed by atoms with Crippen LogP contribution in [0.3, 0.4) is 0 Å². The van der Waals surface area contributed by atoms with Crippen molar-refractivity contribution >= 4 is 21.4 Å². The molecule has 2 heterocycles. The predicted octanol–water partition coefficient (Wildman–Crippen LogP) is 5.59. The van der Waals surface area contributed by atoms with Gasteiger partial charge in [-0.1, -0.05) is 54.6 Å². The van der Waals surface area contributed by atoms with Gasteiger partial charge in [0, 0.05) is 30.1 Å². The highest BCUT2D eigenvalue weighted by Gasteiger charge is 2.14. The lowest BCUT2D eigenvalue weighted by Crippen LogP contribution is -2.12. The molecule has 6 nitrogen and oxygen atoms in total. The minimum Gasteiger partial charge on any atom is -0.457 e. The quantitative estimate of drug-likeness (QED) is 0.373. The van der Waals surface area contributed by atoms with Gasteiger partial charge in [0.15, 0.2) is 0 Å². The summed E-state index contributed by atoms with van der Waals surface area (Å²) in [7, 11) is -3.67. The number of hydrogen-bond acceptors (Lipinski definition) is 4. The Bertz CT molecular complexity index is 1480.